The molecule has 0 saturated carbocycles. The average Bonchev–Trinajstić information content (AvgIpc) is 3.19. The van der Waals surface area contributed by atoms with Crippen LogP contribution in [0.25, 0.3) is 0 Å². The van der Waals surface area contributed by atoms with Gasteiger partial charge >= 0.3 is 6.09 Å². The van der Waals surface area contributed by atoms with E-state index < -0.39 is 5.60 Å². The number of hydrogen-bond donors (Lipinski definition) is 0. The van der Waals surface area contributed by atoms with Gasteiger partial charge in [0.2, 0.25) is 0 Å². The summed E-state index contributed by atoms with van der Waals surface area (Å²) in [7, 11) is 0. The van der Waals surface area contributed by atoms with Crippen molar-refractivity contribution in [3.63, 3.8) is 0 Å². The SMILES string of the molecule is CC(C)(C)OC(=O)N1CCC(c2ccoc2)C(OCc2ccc(C(C)(C)C)cc2)C1. The number of benzene rings is 1. The quantitative estimate of drug-likeness (QED) is 0.627. The Morgan fingerprint density at radius 2 is 1.80 bits per heavy atom. The summed E-state index contributed by atoms with van der Waals surface area (Å²) in [6.07, 6.45) is 3.88. The molecule has 2 heterocycles. The van der Waals surface area contributed by atoms with Crippen LogP contribution in [0.15, 0.2) is 47.3 Å². The van der Waals surface area contributed by atoms with Gasteiger partial charge in [0, 0.05) is 12.5 Å². The first-order valence-corrected chi connectivity index (χ1v) is 10.7. The van der Waals surface area contributed by atoms with Gasteiger partial charge in [0.1, 0.15) is 5.60 Å². The number of rotatable bonds is 4. The topological polar surface area (TPSA) is 51.9 Å². The lowest BCUT2D eigenvalue weighted by Gasteiger charge is -2.38. The Morgan fingerprint density at radius 3 is 2.37 bits per heavy atom. The normalized spacial score (nSPS) is 20.3. The molecule has 0 N–H and O–H groups in total. The van der Waals surface area contributed by atoms with Crippen molar-refractivity contribution < 1.29 is 18.7 Å². The molecule has 1 aliphatic heterocycles. The van der Waals surface area contributed by atoms with Crippen LogP contribution in [0, 0.1) is 0 Å². The Balaban J connectivity index is 1.69. The zero-order chi connectivity index (χ0) is 21.9. The predicted molar refractivity (Wildman–Crippen MR) is 118 cm³/mol. The van der Waals surface area contributed by atoms with E-state index in [0.29, 0.717) is 19.7 Å². The molecule has 0 radical (unpaired) electrons. The molecular formula is C25H35NO4. The molecule has 1 aliphatic rings. The largest absolute Gasteiger partial charge is 0.472 e. The van der Waals surface area contributed by atoms with Gasteiger partial charge in [-0.2, -0.15) is 0 Å². The highest BCUT2D eigenvalue weighted by Crippen LogP contribution is 2.32. The predicted octanol–water partition coefficient (Wildman–Crippen LogP) is 5.89. The highest BCUT2D eigenvalue weighted by Gasteiger charge is 2.35. The van der Waals surface area contributed by atoms with Crippen molar-refractivity contribution in [2.75, 3.05) is 13.1 Å². The second-order valence-corrected chi connectivity index (χ2v) is 10.2. The van der Waals surface area contributed by atoms with Crippen LogP contribution in [0.2, 0.25) is 0 Å². The maximum absolute atomic E-state index is 12.6. The fourth-order valence-electron chi connectivity index (χ4n) is 3.75. The molecule has 1 aromatic carbocycles. The standard InChI is InChI=1S/C25H35NO4/c1-24(2,3)20-9-7-18(8-10-20)16-29-22-15-26(23(27)30-25(4,5)6)13-11-21(22)19-12-14-28-17-19/h7-10,12,14,17,21-22H,11,13,15-16H2,1-6H3. The first kappa shape index (κ1) is 22.4. The van der Waals surface area contributed by atoms with Crippen molar-refractivity contribution in [2.24, 2.45) is 0 Å². The number of ether oxygens (including phenoxy) is 2. The first-order chi connectivity index (χ1) is 14.0. The van der Waals surface area contributed by atoms with Gasteiger partial charge in [-0.05, 0) is 55.4 Å². The van der Waals surface area contributed by atoms with E-state index in [1.807, 2.05) is 26.8 Å². The molecule has 1 fully saturated rings. The molecule has 2 atom stereocenters. The van der Waals surface area contributed by atoms with Gasteiger partial charge in [-0.1, -0.05) is 45.0 Å². The number of likely N-dealkylation sites (tertiary alicyclic amines) is 1. The molecule has 2 aromatic rings. The molecule has 5 nitrogen and oxygen atoms in total. The fraction of sp³-hybridized carbons (Fsp3) is 0.560. The highest BCUT2D eigenvalue weighted by atomic mass is 16.6. The molecule has 0 bridgehead atoms. The smallest absolute Gasteiger partial charge is 0.410 e. The van der Waals surface area contributed by atoms with E-state index in [0.717, 1.165) is 17.5 Å². The van der Waals surface area contributed by atoms with Crippen LogP contribution in [-0.2, 0) is 21.5 Å². The molecule has 0 aliphatic carbocycles. The molecule has 2 unspecified atom stereocenters. The summed E-state index contributed by atoms with van der Waals surface area (Å²) in [5.41, 5.74) is 3.17. The molecular weight excluding hydrogens is 378 g/mol. The lowest BCUT2D eigenvalue weighted by atomic mass is 9.87. The van der Waals surface area contributed by atoms with Gasteiger partial charge in [-0.15, -0.1) is 0 Å². The van der Waals surface area contributed by atoms with Crippen molar-refractivity contribution in [1.29, 1.82) is 0 Å². The van der Waals surface area contributed by atoms with Gasteiger partial charge in [0.05, 0.1) is 31.8 Å². The van der Waals surface area contributed by atoms with Crippen molar-refractivity contribution in [1.82, 2.24) is 4.90 Å². The highest BCUT2D eigenvalue weighted by molar-refractivity contribution is 5.68. The van der Waals surface area contributed by atoms with Crippen LogP contribution in [-0.4, -0.2) is 35.8 Å². The minimum Gasteiger partial charge on any atom is -0.472 e. The van der Waals surface area contributed by atoms with E-state index >= 15 is 0 Å². The van der Waals surface area contributed by atoms with E-state index in [1.54, 1.807) is 17.4 Å². The van der Waals surface area contributed by atoms with E-state index in [-0.39, 0.29) is 23.5 Å². The maximum Gasteiger partial charge on any atom is 0.410 e. The monoisotopic (exact) mass is 413 g/mol. The third kappa shape index (κ3) is 5.88. The summed E-state index contributed by atoms with van der Waals surface area (Å²) < 4.78 is 17.2. The van der Waals surface area contributed by atoms with Crippen molar-refractivity contribution in [3.8, 4) is 0 Å². The van der Waals surface area contributed by atoms with Crippen LogP contribution in [0.4, 0.5) is 4.79 Å². The molecule has 5 heteroatoms. The third-order valence-electron chi connectivity index (χ3n) is 5.47. The minimum atomic E-state index is -0.510. The summed E-state index contributed by atoms with van der Waals surface area (Å²) in [6.45, 7) is 13.9. The summed E-state index contributed by atoms with van der Waals surface area (Å²) in [4.78, 5) is 14.3. The lowest BCUT2D eigenvalue weighted by Crippen LogP contribution is -2.48. The number of furan rings is 1. The molecule has 3 rings (SSSR count). The average molecular weight is 414 g/mol. The van der Waals surface area contributed by atoms with Crippen LogP contribution in [0.1, 0.15) is 70.6 Å². The minimum absolute atomic E-state index is 0.119. The van der Waals surface area contributed by atoms with Crippen molar-refractivity contribution >= 4 is 6.09 Å². The van der Waals surface area contributed by atoms with Crippen LogP contribution in [0.3, 0.4) is 0 Å². The maximum atomic E-state index is 12.6. The Labute approximate surface area is 180 Å². The van der Waals surface area contributed by atoms with E-state index in [9.17, 15) is 4.79 Å². The molecule has 1 aromatic heterocycles. The van der Waals surface area contributed by atoms with Crippen molar-refractivity contribution in [3.05, 3.63) is 59.5 Å². The Morgan fingerprint density at radius 1 is 1.10 bits per heavy atom. The van der Waals surface area contributed by atoms with Gasteiger partial charge in [0.25, 0.3) is 0 Å². The summed E-state index contributed by atoms with van der Waals surface area (Å²) in [5.74, 6) is 0.191. The van der Waals surface area contributed by atoms with Gasteiger partial charge in [-0.3, -0.25) is 0 Å². The van der Waals surface area contributed by atoms with Crippen LogP contribution >= 0.6 is 0 Å². The number of carbonyl (C=O) groups excluding carboxylic acids is 1. The summed E-state index contributed by atoms with van der Waals surface area (Å²) >= 11 is 0. The molecule has 164 valence electrons. The number of carbonyl (C=O) groups is 1. The molecule has 30 heavy (non-hydrogen) atoms. The molecule has 1 saturated heterocycles. The van der Waals surface area contributed by atoms with Crippen molar-refractivity contribution in [2.45, 2.75) is 77.6 Å². The second-order valence-electron chi connectivity index (χ2n) is 10.2. The lowest BCUT2D eigenvalue weighted by molar-refractivity contribution is -0.0360. The van der Waals surface area contributed by atoms with Gasteiger partial charge in [-0.25, -0.2) is 4.79 Å². The molecule has 0 spiro atoms. The van der Waals surface area contributed by atoms with Gasteiger partial charge in [0.15, 0.2) is 0 Å². The van der Waals surface area contributed by atoms with Crippen LogP contribution < -0.4 is 0 Å². The summed E-state index contributed by atoms with van der Waals surface area (Å²) in [6, 6.07) is 10.6. The number of nitrogens with zero attached hydrogens (tertiary/aromatic N) is 1. The number of amides is 1. The van der Waals surface area contributed by atoms with E-state index in [1.165, 1.54) is 5.56 Å². The van der Waals surface area contributed by atoms with E-state index in [4.69, 9.17) is 13.9 Å². The fourth-order valence-corrected chi connectivity index (χ4v) is 3.75. The Hall–Kier alpha value is -2.27. The Bertz CT molecular complexity index is 812. The third-order valence-corrected chi connectivity index (χ3v) is 5.47. The van der Waals surface area contributed by atoms with Crippen LogP contribution in [0.5, 0.6) is 0 Å². The van der Waals surface area contributed by atoms with E-state index in [2.05, 4.69) is 45.0 Å². The zero-order valence-corrected chi connectivity index (χ0v) is 19.1. The first-order valence-electron chi connectivity index (χ1n) is 10.7. The number of hydrogen-bond acceptors (Lipinski definition) is 4. The molecule has 1 amide bonds. The zero-order valence-electron chi connectivity index (χ0n) is 19.1. The summed E-state index contributed by atoms with van der Waals surface area (Å²) in [5, 5.41) is 0. The number of piperidine rings is 1. The second kappa shape index (κ2) is 8.84. The Kier molecular flexibility index (Phi) is 6.61. The van der Waals surface area contributed by atoms with Gasteiger partial charge < -0.3 is 18.8 Å².